The molecule has 172 valence electrons. The van der Waals surface area contributed by atoms with E-state index in [4.69, 9.17) is 9.47 Å². The number of anilines is 4. The van der Waals surface area contributed by atoms with E-state index in [9.17, 15) is 8.78 Å². The Labute approximate surface area is 189 Å². The van der Waals surface area contributed by atoms with Crippen LogP contribution in [0.5, 0.6) is 5.88 Å². The molecule has 0 radical (unpaired) electrons. The molecular weight excluding hydrogens is 432 g/mol. The molecule has 11 heteroatoms. The van der Waals surface area contributed by atoms with Crippen LogP contribution >= 0.6 is 0 Å². The van der Waals surface area contributed by atoms with Gasteiger partial charge in [-0.3, -0.25) is 4.99 Å². The van der Waals surface area contributed by atoms with Crippen LogP contribution in [0.1, 0.15) is 0 Å². The maximum atomic E-state index is 14.0. The van der Waals surface area contributed by atoms with Gasteiger partial charge in [-0.15, -0.1) is 0 Å². The molecule has 1 aliphatic carbocycles. The fourth-order valence-corrected chi connectivity index (χ4v) is 4.00. The number of fused-ring (bicyclic) bond motifs is 1. The Hall–Kier alpha value is -3.60. The lowest BCUT2D eigenvalue weighted by atomic mass is 10.0. The number of halogens is 2. The number of ether oxygens (including phenoxy) is 2. The first-order chi connectivity index (χ1) is 16.1. The zero-order valence-corrected chi connectivity index (χ0v) is 17.9. The number of morpholine rings is 1. The van der Waals surface area contributed by atoms with E-state index in [0.717, 1.165) is 0 Å². The van der Waals surface area contributed by atoms with E-state index in [1.54, 1.807) is 24.4 Å². The number of pyridine rings is 1. The Bertz CT molecular complexity index is 1080. The van der Waals surface area contributed by atoms with Gasteiger partial charge in [0.2, 0.25) is 11.8 Å². The molecule has 4 heterocycles. The molecule has 2 aromatic heterocycles. The first-order valence-corrected chi connectivity index (χ1v) is 10.6. The topological polar surface area (TPSA) is 88.0 Å². The van der Waals surface area contributed by atoms with Crippen molar-refractivity contribution in [3.05, 3.63) is 48.7 Å². The number of nitrogens with zero attached hydrogens (tertiary/aromatic N) is 6. The fraction of sp³-hybridized carbons (Fsp3) is 0.364. The van der Waals surface area contributed by atoms with Gasteiger partial charge in [-0.1, -0.05) is 24.3 Å². The number of aliphatic imine (C=N–C) groups is 1. The highest BCUT2D eigenvalue weighted by molar-refractivity contribution is 6.03. The lowest BCUT2D eigenvalue weighted by molar-refractivity contribution is 0.122. The minimum Gasteiger partial charge on any atom is -0.481 e. The van der Waals surface area contributed by atoms with Crippen LogP contribution in [0.25, 0.3) is 0 Å². The highest BCUT2D eigenvalue weighted by atomic mass is 19.3. The average molecular weight is 455 g/mol. The summed E-state index contributed by atoms with van der Waals surface area (Å²) in [7, 11) is 1.54. The molecule has 2 unspecified atom stereocenters. The largest absolute Gasteiger partial charge is 0.481 e. The third-order valence-corrected chi connectivity index (χ3v) is 5.58. The van der Waals surface area contributed by atoms with Crippen LogP contribution in [-0.2, 0) is 4.74 Å². The summed E-state index contributed by atoms with van der Waals surface area (Å²) >= 11 is 0. The third kappa shape index (κ3) is 4.36. The molecule has 2 aliphatic heterocycles. The minimum atomic E-state index is -2.73. The number of aromatic nitrogens is 3. The summed E-state index contributed by atoms with van der Waals surface area (Å²) < 4.78 is 38.5. The van der Waals surface area contributed by atoms with Gasteiger partial charge in [-0.25, -0.2) is 13.8 Å². The molecule has 2 atom stereocenters. The van der Waals surface area contributed by atoms with E-state index in [2.05, 4.69) is 30.2 Å². The molecular formula is C22H23F2N7O2. The van der Waals surface area contributed by atoms with Crippen LogP contribution in [0.2, 0.25) is 0 Å². The van der Waals surface area contributed by atoms with Crippen LogP contribution in [0.15, 0.2) is 53.7 Å². The molecule has 2 aromatic rings. The summed E-state index contributed by atoms with van der Waals surface area (Å²) in [5.41, 5.74) is 0.642. The van der Waals surface area contributed by atoms with Gasteiger partial charge >= 0.3 is 0 Å². The Balaban J connectivity index is 1.54. The van der Waals surface area contributed by atoms with Crippen molar-refractivity contribution in [3.8, 4) is 5.88 Å². The predicted octanol–water partition coefficient (Wildman–Crippen LogP) is 2.81. The summed E-state index contributed by atoms with van der Waals surface area (Å²) in [4.78, 5) is 21.2. The molecule has 1 N–H and O–H groups in total. The van der Waals surface area contributed by atoms with Crippen LogP contribution in [0.4, 0.5) is 32.1 Å². The molecule has 33 heavy (non-hydrogen) atoms. The van der Waals surface area contributed by atoms with Crippen molar-refractivity contribution in [3.63, 3.8) is 0 Å². The number of amidine groups is 1. The number of nitrogens with one attached hydrogen (secondary N) is 1. The van der Waals surface area contributed by atoms with Gasteiger partial charge in [0.15, 0.2) is 5.84 Å². The number of hydrogen-bond donors (Lipinski definition) is 1. The Morgan fingerprint density at radius 1 is 1.12 bits per heavy atom. The maximum Gasteiger partial charge on any atom is 0.295 e. The monoisotopic (exact) mass is 455 g/mol. The lowest BCUT2D eigenvalue weighted by Gasteiger charge is -2.31. The number of rotatable bonds is 6. The maximum absolute atomic E-state index is 14.0. The van der Waals surface area contributed by atoms with Gasteiger partial charge in [0.25, 0.3) is 6.43 Å². The standard InChI is InChI=1S/C22H23F2N7O2/c1-32-19-7-6-14(13-25-19)26-22-28-17(30-8-10-33-11-9-30)12-18(29-22)31-16-5-3-2-4-15(16)27-21(31)20(23)24/h2-7,12-13,15-16,20H,8-11H2,1H3,(H,26,28,29). The molecule has 5 rings (SSSR count). The van der Waals surface area contributed by atoms with Gasteiger partial charge in [-0.05, 0) is 6.07 Å². The second-order valence-electron chi connectivity index (χ2n) is 7.63. The van der Waals surface area contributed by atoms with Crippen LogP contribution in [-0.4, -0.2) is 72.7 Å². The lowest BCUT2D eigenvalue weighted by Crippen LogP contribution is -2.42. The highest BCUT2D eigenvalue weighted by Crippen LogP contribution is 2.33. The van der Waals surface area contributed by atoms with Crippen LogP contribution < -0.4 is 19.9 Å². The van der Waals surface area contributed by atoms with Gasteiger partial charge in [-0.2, -0.15) is 9.97 Å². The zero-order chi connectivity index (χ0) is 22.8. The first-order valence-electron chi connectivity index (χ1n) is 10.6. The third-order valence-electron chi connectivity index (χ3n) is 5.58. The van der Waals surface area contributed by atoms with E-state index in [1.165, 1.54) is 12.0 Å². The molecule has 1 saturated heterocycles. The molecule has 1 fully saturated rings. The second kappa shape index (κ2) is 9.10. The number of alkyl halides is 2. The summed E-state index contributed by atoms with van der Waals surface area (Å²) in [6.45, 7) is 2.42. The number of methoxy groups -OCH3 is 1. The first kappa shape index (κ1) is 21.3. The minimum absolute atomic E-state index is 0.272. The second-order valence-corrected chi connectivity index (χ2v) is 7.63. The normalized spacial score (nSPS) is 21.9. The zero-order valence-electron chi connectivity index (χ0n) is 17.9. The quantitative estimate of drug-likeness (QED) is 0.712. The van der Waals surface area contributed by atoms with Crippen molar-refractivity contribution in [1.82, 2.24) is 15.0 Å². The number of hydrogen-bond acceptors (Lipinski definition) is 9. The Kier molecular flexibility index (Phi) is 5.86. The van der Waals surface area contributed by atoms with E-state index in [1.807, 2.05) is 24.3 Å². The van der Waals surface area contributed by atoms with Crippen LogP contribution in [0.3, 0.4) is 0 Å². The molecule has 0 bridgehead atoms. The fourth-order valence-electron chi connectivity index (χ4n) is 4.00. The van der Waals surface area contributed by atoms with Gasteiger partial charge in [0.05, 0.1) is 44.3 Å². The molecule has 0 aromatic carbocycles. The van der Waals surface area contributed by atoms with E-state index >= 15 is 0 Å². The van der Waals surface area contributed by atoms with Crippen LogP contribution in [0, 0.1) is 0 Å². The molecule has 9 nitrogen and oxygen atoms in total. The van der Waals surface area contributed by atoms with E-state index < -0.39 is 6.43 Å². The highest BCUT2D eigenvalue weighted by Gasteiger charge is 2.40. The van der Waals surface area contributed by atoms with E-state index in [-0.39, 0.29) is 23.9 Å². The average Bonchev–Trinajstić information content (AvgIpc) is 3.25. The van der Waals surface area contributed by atoms with Crippen molar-refractivity contribution in [2.45, 2.75) is 18.5 Å². The molecule has 0 amide bonds. The smallest absolute Gasteiger partial charge is 0.295 e. The molecule has 3 aliphatic rings. The Morgan fingerprint density at radius 2 is 1.91 bits per heavy atom. The molecule has 0 spiro atoms. The summed E-state index contributed by atoms with van der Waals surface area (Å²) in [5, 5.41) is 3.13. The Morgan fingerprint density at radius 3 is 2.64 bits per heavy atom. The summed E-state index contributed by atoms with van der Waals surface area (Å²) in [6, 6.07) is 4.46. The van der Waals surface area contributed by atoms with Crippen molar-refractivity contribution in [1.29, 1.82) is 0 Å². The van der Waals surface area contributed by atoms with Crippen molar-refractivity contribution in [2.75, 3.05) is 48.5 Å². The van der Waals surface area contributed by atoms with Gasteiger partial charge in [0, 0.05) is 25.2 Å². The predicted molar refractivity (Wildman–Crippen MR) is 121 cm³/mol. The summed E-state index contributed by atoms with van der Waals surface area (Å²) in [6.07, 6.45) is 6.20. The van der Waals surface area contributed by atoms with Crippen molar-refractivity contribution < 1.29 is 18.3 Å². The molecule has 0 saturated carbocycles. The van der Waals surface area contributed by atoms with Gasteiger partial charge < -0.3 is 24.6 Å². The SMILES string of the molecule is COc1ccc(Nc2nc(N3CCOCC3)cc(N3C(C(F)F)=NC4C=CC=CC43)n2)cn1. The van der Waals surface area contributed by atoms with E-state index in [0.29, 0.717) is 49.5 Å². The number of allylic oxidation sites excluding steroid dienone is 2. The van der Waals surface area contributed by atoms with Crippen molar-refractivity contribution >= 4 is 29.1 Å². The summed E-state index contributed by atoms with van der Waals surface area (Å²) in [5.74, 6) is 1.42. The van der Waals surface area contributed by atoms with Gasteiger partial charge in [0.1, 0.15) is 11.6 Å². The van der Waals surface area contributed by atoms with Crippen molar-refractivity contribution in [2.24, 2.45) is 4.99 Å².